The van der Waals surface area contributed by atoms with Gasteiger partial charge in [-0.05, 0) is 40.2 Å². The summed E-state index contributed by atoms with van der Waals surface area (Å²) in [6.07, 6.45) is 2.62. The van der Waals surface area contributed by atoms with E-state index >= 15 is 0 Å². The Hall–Kier alpha value is -0.450. The molecule has 1 saturated heterocycles. The molecule has 0 radical (unpaired) electrons. The third kappa shape index (κ3) is 2.81. The quantitative estimate of drug-likeness (QED) is 0.845. The summed E-state index contributed by atoms with van der Waals surface area (Å²) in [6, 6.07) is 1.09. The Balaban J connectivity index is 1.87. The van der Waals surface area contributed by atoms with E-state index in [2.05, 4.69) is 36.4 Å². The number of aryl methyl sites for hydroxylation is 2. The van der Waals surface area contributed by atoms with E-state index in [-0.39, 0.29) is 0 Å². The van der Waals surface area contributed by atoms with Gasteiger partial charge < -0.3 is 10.6 Å². The zero-order valence-electron chi connectivity index (χ0n) is 10.3. The second-order valence-electron chi connectivity index (χ2n) is 4.61. The Morgan fingerprint density at radius 1 is 1.56 bits per heavy atom. The van der Waals surface area contributed by atoms with E-state index in [0.717, 1.165) is 6.54 Å². The molecule has 1 aromatic rings. The highest BCUT2D eigenvalue weighted by Crippen LogP contribution is 2.24. The Morgan fingerprint density at radius 3 is 2.94 bits per heavy atom. The molecule has 3 nitrogen and oxygen atoms in total. The van der Waals surface area contributed by atoms with Crippen LogP contribution in [0.3, 0.4) is 0 Å². The van der Waals surface area contributed by atoms with Gasteiger partial charge >= 0.3 is 0 Å². The molecule has 0 amide bonds. The zero-order valence-corrected chi connectivity index (χ0v) is 11.2. The summed E-state index contributed by atoms with van der Waals surface area (Å²) >= 11 is 1.81. The first-order valence-corrected chi connectivity index (χ1v) is 6.89. The predicted molar refractivity (Wildman–Crippen MR) is 69.0 cm³/mol. The maximum atomic E-state index is 4.47. The summed E-state index contributed by atoms with van der Waals surface area (Å²) in [5.74, 6) is 0. The molecular weight excluding hydrogens is 218 g/mol. The van der Waals surface area contributed by atoms with Gasteiger partial charge in [-0.25, -0.2) is 4.98 Å². The Morgan fingerprint density at radius 2 is 2.38 bits per heavy atom. The molecule has 1 aliphatic rings. The van der Waals surface area contributed by atoms with Gasteiger partial charge in [0.25, 0.3) is 0 Å². The molecule has 4 heteroatoms. The number of nitrogens with zero attached hydrogens (tertiary/aromatic N) is 1. The summed E-state index contributed by atoms with van der Waals surface area (Å²) in [5, 5.41) is 8.28. The topological polar surface area (TPSA) is 37.0 Å². The van der Waals surface area contributed by atoms with Gasteiger partial charge in [-0.2, -0.15) is 0 Å². The molecular formula is C12H21N3S. The van der Waals surface area contributed by atoms with Crippen LogP contribution < -0.4 is 10.6 Å². The molecule has 0 bridgehead atoms. The highest BCUT2D eigenvalue weighted by atomic mass is 32.1. The first-order valence-electron chi connectivity index (χ1n) is 6.07. The van der Waals surface area contributed by atoms with Crippen molar-refractivity contribution in [3.63, 3.8) is 0 Å². The molecule has 2 atom stereocenters. The summed E-state index contributed by atoms with van der Waals surface area (Å²) in [6.45, 7) is 8.66. The second kappa shape index (κ2) is 5.25. The van der Waals surface area contributed by atoms with Gasteiger partial charge in [0.2, 0.25) is 0 Å². The van der Waals surface area contributed by atoms with Crippen molar-refractivity contribution in [2.24, 2.45) is 0 Å². The SMILES string of the molecule is Cc1nc(C)c(C(C)NCC2CCCN2)s1. The third-order valence-corrected chi connectivity index (χ3v) is 4.42. The first kappa shape index (κ1) is 12.0. The Labute approximate surface area is 102 Å². The van der Waals surface area contributed by atoms with Crippen LogP contribution in [0.2, 0.25) is 0 Å². The minimum absolute atomic E-state index is 0.425. The lowest BCUT2D eigenvalue weighted by Gasteiger charge is -2.16. The second-order valence-corrected chi connectivity index (χ2v) is 5.84. The lowest BCUT2D eigenvalue weighted by molar-refractivity contribution is 0.492. The molecule has 1 aliphatic heterocycles. The van der Waals surface area contributed by atoms with Crippen molar-refractivity contribution in [1.29, 1.82) is 0 Å². The molecule has 90 valence electrons. The van der Waals surface area contributed by atoms with Crippen molar-refractivity contribution in [2.75, 3.05) is 13.1 Å². The van der Waals surface area contributed by atoms with Crippen LogP contribution in [-0.2, 0) is 0 Å². The lowest BCUT2D eigenvalue weighted by Crippen LogP contribution is -2.35. The summed E-state index contributed by atoms with van der Waals surface area (Å²) in [4.78, 5) is 5.86. The molecule has 2 unspecified atom stereocenters. The largest absolute Gasteiger partial charge is 0.313 e. The molecule has 2 rings (SSSR count). The van der Waals surface area contributed by atoms with Crippen molar-refractivity contribution in [3.05, 3.63) is 15.6 Å². The third-order valence-electron chi connectivity index (χ3n) is 3.17. The number of hydrogen-bond donors (Lipinski definition) is 2. The minimum Gasteiger partial charge on any atom is -0.313 e. The van der Waals surface area contributed by atoms with Gasteiger partial charge in [-0.1, -0.05) is 0 Å². The van der Waals surface area contributed by atoms with Crippen molar-refractivity contribution in [2.45, 2.75) is 45.7 Å². The van der Waals surface area contributed by atoms with Crippen LogP contribution in [0.4, 0.5) is 0 Å². The monoisotopic (exact) mass is 239 g/mol. The fourth-order valence-corrected chi connectivity index (χ4v) is 3.25. The van der Waals surface area contributed by atoms with Gasteiger partial charge in [0.1, 0.15) is 0 Å². The smallest absolute Gasteiger partial charge is 0.0900 e. The predicted octanol–water partition coefficient (Wildman–Crippen LogP) is 2.16. The number of hydrogen-bond acceptors (Lipinski definition) is 4. The Bertz CT molecular complexity index is 342. The van der Waals surface area contributed by atoms with Crippen LogP contribution in [0.25, 0.3) is 0 Å². The zero-order chi connectivity index (χ0) is 11.5. The van der Waals surface area contributed by atoms with Crippen LogP contribution in [0.1, 0.15) is 41.4 Å². The van der Waals surface area contributed by atoms with Gasteiger partial charge in [-0.3, -0.25) is 0 Å². The van der Waals surface area contributed by atoms with Crippen LogP contribution in [0.15, 0.2) is 0 Å². The molecule has 0 aliphatic carbocycles. The fraction of sp³-hybridized carbons (Fsp3) is 0.750. The van der Waals surface area contributed by atoms with Crippen molar-refractivity contribution < 1.29 is 0 Å². The first-order chi connectivity index (χ1) is 7.66. The van der Waals surface area contributed by atoms with Crippen LogP contribution in [0, 0.1) is 13.8 Å². The molecule has 2 heterocycles. The van der Waals surface area contributed by atoms with E-state index in [1.54, 1.807) is 0 Å². The maximum absolute atomic E-state index is 4.47. The highest BCUT2D eigenvalue weighted by molar-refractivity contribution is 7.11. The number of rotatable bonds is 4. The van der Waals surface area contributed by atoms with E-state index in [1.807, 2.05) is 11.3 Å². The van der Waals surface area contributed by atoms with E-state index in [0.29, 0.717) is 12.1 Å². The highest BCUT2D eigenvalue weighted by Gasteiger charge is 2.17. The van der Waals surface area contributed by atoms with Gasteiger partial charge in [0.15, 0.2) is 0 Å². The van der Waals surface area contributed by atoms with Gasteiger partial charge in [0.05, 0.1) is 10.7 Å². The van der Waals surface area contributed by atoms with Crippen molar-refractivity contribution in [1.82, 2.24) is 15.6 Å². The number of thiazole rings is 1. The number of nitrogens with one attached hydrogen (secondary N) is 2. The van der Waals surface area contributed by atoms with Crippen molar-refractivity contribution >= 4 is 11.3 Å². The van der Waals surface area contributed by atoms with Crippen LogP contribution >= 0.6 is 11.3 Å². The van der Waals surface area contributed by atoms with Gasteiger partial charge in [-0.15, -0.1) is 11.3 Å². The molecule has 0 spiro atoms. The van der Waals surface area contributed by atoms with Crippen molar-refractivity contribution in [3.8, 4) is 0 Å². The lowest BCUT2D eigenvalue weighted by atomic mass is 10.2. The minimum atomic E-state index is 0.425. The molecule has 1 fully saturated rings. The average molecular weight is 239 g/mol. The number of aromatic nitrogens is 1. The summed E-state index contributed by atoms with van der Waals surface area (Å²) in [5.41, 5.74) is 1.18. The van der Waals surface area contributed by atoms with Crippen LogP contribution in [-0.4, -0.2) is 24.1 Å². The van der Waals surface area contributed by atoms with Gasteiger partial charge in [0, 0.05) is 23.5 Å². The summed E-state index contributed by atoms with van der Waals surface area (Å²) in [7, 11) is 0. The average Bonchev–Trinajstić information content (AvgIpc) is 2.84. The Kier molecular flexibility index (Phi) is 3.95. The molecule has 2 N–H and O–H groups in total. The molecule has 1 aromatic heterocycles. The standard InChI is InChI=1S/C12H21N3S/c1-8(12-9(2)15-10(3)16-12)14-7-11-5-4-6-13-11/h8,11,13-14H,4-7H2,1-3H3. The molecule has 0 saturated carbocycles. The van der Waals surface area contributed by atoms with E-state index < -0.39 is 0 Å². The van der Waals surface area contributed by atoms with Crippen LogP contribution in [0.5, 0.6) is 0 Å². The van der Waals surface area contributed by atoms with E-state index in [9.17, 15) is 0 Å². The molecule has 0 aromatic carbocycles. The normalized spacial score (nSPS) is 22.6. The molecule has 16 heavy (non-hydrogen) atoms. The van der Waals surface area contributed by atoms with E-state index in [4.69, 9.17) is 0 Å². The summed E-state index contributed by atoms with van der Waals surface area (Å²) < 4.78 is 0. The fourth-order valence-electron chi connectivity index (χ4n) is 2.29. The maximum Gasteiger partial charge on any atom is 0.0900 e. The van der Waals surface area contributed by atoms with E-state index in [1.165, 1.54) is 35.0 Å².